The highest BCUT2D eigenvalue weighted by molar-refractivity contribution is 5.99. The summed E-state index contributed by atoms with van der Waals surface area (Å²) in [6.07, 6.45) is 3.42. The molecule has 0 spiro atoms. The Morgan fingerprint density at radius 1 is 1.14 bits per heavy atom. The Hall–Kier alpha value is -2.50. The van der Waals surface area contributed by atoms with E-state index in [9.17, 15) is 4.79 Å². The quantitative estimate of drug-likeness (QED) is 0.595. The fourth-order valence-electron chi connectivity index (χ4n) is 3.74. The number of fused-ring (bicyclic) bond motifs is 1. The van der Waals surface area contributed by atoms with Crippen molar-refractivity contribution in [3.63, 3.8) is 0 Å². The number of para-hydroxylation sites is 2. The van der Waals surface area contributed by atoms with E-state index in [1.54, 1.807) is 0 Å². The Labute approximate surface area is 177 Å². The number of hydrogen-bond acceptors (Lipinski definition) is 4. The molecule has 1 aliphatic rings. The predicted octanol–water partition coefficient (Wildman–Crippen LogP) is 4.55. The molecule has 2 N–H and O–H groups in total. The molecule has 1 aliphatic heterocycles. The van der Waals surface area contributed by atoms with Crippen LogP contribution in [0.3, 0.4) is 0 Å². The number of rotatable bonds is 7. The third-order valence-electron chi connectivity index (χ3n) is 5.27. The minimum Gasteiger partial charge on any atom is -0.489 e. The standard InChI is InChI=1S/C23H26N2O3.ClH/c26-23(25-14-12-17-7-6-13-24-15-17)22-20(16-27-18-8-2-1-3-9-18)19-10-4-5-11-21(19)28-22;/h1-5,8-11,17,24H,6-7,12-16H2,(H,25,26);1H. The zero-order chi connectivity index (χ0) is 19.2. The van der Waals surface area contributed by atoms with Gasteiger partial charge in [-0.25, -0.2) is 0 Å². The first-order chi connectivity index (χ1) is 13.8. The van der Waals surface area contributed by atoms with Gasteiger partial charge in [0.1, 0.15) is 17.9 Å². The van der Waals surface area contributed by atoms with Gasteiger partial charge in [-0.15, -0.1) is 12.4 Å². The van der Waals surface area contributed by atoms with Crippen LogP contribution >= 0.6 is 12.4 Å². The van der Waals surface area contributed by atoms with E-state index in [1.807, 2.05) is 54.6 Å². The van der Waals surface area contributed by atoms with Crippen LogP contribution in [0.2, 0.25) is 0 Å². The predicted molar refractivity (Wildman–Crippen MR) is 117 cm³/mol. The fourth-order valence-corrected chi connectivity index (χ4v) is 3.74. The number of furan rings is 1. The summed E-state index contributed by atoms with van der Waals surface area (Å²) in [7, 11) is 0. The average Bonchev–Trinajstić information content (AvgIpc) is 3.12. The number of carbonyl (C=O) groups excluding carboxylic acids is 1. The van der Waals surface area contributed by atoms with E-state index in [4.69, 9.17) is 9.15 Å². The Kier molecular flexibility index (Phi) is 7.55. The van der Waals surface area contributed by atoms with E-state index >= 15 is 0 Å². The van der Waals surface area contributed by atoms with Crippen molar-refractivity contribution in [1.29, 1.82) is 0 Å². The first-order valence-corrected chi connectivity index (χ1v) is 9.98. The number of ether oxygens (including phenoxy) is 1. The topological polar surface area (TPSA) is 63.5 Å². The molecule has 1 amide bonds. The molecule has 0 radical (unpaired) electrons. The van der Waals surface area contributed by atoms with Crippen molar-refractivity contribution in [3.05, 3.63) is 65.9 Å². The summed E-state index contributed by atoms with van der Waals surface area (Å²) in [5.74, 6) is 1.57. The number of piperidine rings is 1. The summed E-state index contributed by atoms with van der Waals surface area (Å²) in [6.45, 7) is 3.08. The van der Waals surface area contributed by atoms with Crippen molar-refractivity contribution in [2.24, 2.45) is 5.92 Å². The molecule has 154 valence electrons. The molecule has 0 saturated carbocycles. The highest BCUT2D eigenvalue weighted by Crippen LogP contribution is 2.27. The van der Waals surface area contributed by atoms with Gasteiger partial charge >= 0.3 is 0 Å². The van der Waals surface area contributed by atoms with E-state index in [0.717, 1.165) is 36.2 Å². The lowest BCUT2D eigenvalue weighted by Gasteiger charge is -2.22. The lowest BCUT2D eigenvalue weighted by Crippen LogP contribution is -2.33. The van der Waals surface area contributed by atoms with Gasteiger partial charge in [0.25, 0.3) is 5.91 Å². The second-order valence-corrected chi connectivity index (χ2v) is 7.26. The third-order valence-corrected chi connectivity index (χ3v) is 5.27. The number of halogens is 1. The monoisotopic (exact) mass is 414 g/mol. The third kappa shape index (κ3) is 5.31. The first kappa shape index (κ1) is 21.2. The van der Waals surface area contributed by atoms with Crippen molar-refractivity contribution in [2.75, 3.05) is 19.6 Å². The average molecular weight is 415 g/mol. The molecule has 5 nitrogen and oxygen atoms in total. The molecule has 0 bridgehead atoms. The highest BCUT2D eigenvalue weighted by atomic mass is 35.5. The molecule has 1 atom stereocenters. The minimum absolute atomic E-state index is 0. The summed E-state index contributed by atoms with van der Waals surface area (Å²) in [5.41, 5.74) is 1.49. The van der Waals surface area contributed by atoms with Crippen LogP contribution in [0.15, 0.2) is 59.0 Å². The van der Waals surface area contributed by atoms with Gasteiger partial charge in [-0.1, -0.05) is 36.4 Å². The molecule has 4 rings (SSSR count). The molecule has 1 fully saturated rings. The largest absolute Gasteiger partial charge is 0.489 e. The van der Waals surface area contributed by atoms with Gasteiger partial charge in [-0.3, -0.25) is 4.79 Å². The summed E-state index contributed by atoms with van der Waals surface area (Å²) >= 11 is 0. The maximum absolute atomic E-state index is 12.8. The number of carbonyl (C=O) groups is 1. The molecule has 6 heteroatoms. The smallest absolute Gasteiger partial charge is 0.287 e. The Morgan fingerprint density at radius 2 is 1.93 bits per heavy atom. The molecule has 1 unspecified atom stereocenters. The molecular weight excluding hydrogens is 388 g/mol. The normalized spacial score (nSPS) is 16.2. The van der Waals surface area contributed by atoms with E-state index in [0.29, 0.717) is 23.8 Å². The van der Waals surface area contributed by atoms with Gasteiger partial charge in [0.2, 0.25) is 0 Å². The molecule has 29 heavy (non-hydrogen) atoms. The molecule has 2 heterocycles. The van der Waals surface area contributed by atoms with E-state index in [1.165, 1.54) is 12.8 Å². The molecule has 0 aliphatic carbocycles. The van der Waals surface area contributed by atoms with Crippen LogP contribution < -0.4 is 15.4 Å². The second-order valence-electron chi connectivity index (χ2n) is 7.26. The summed E-state index contributed by atoms with van der Waals surface area (Å²) < 4.78 is 11.8. The first-order valence-electron chi connectivity index (χ1n) is 9.98. The zero-order valence-corrected chi connectivity index (χ0v) is 17.2. The van der Waals surface area contributed by atoms with Crippen molar-refractivity contribution in [1.82, 2.24) is 10.6 Å². The summed E-state index contributed by atoms with van der Waals surface area (Å²) in [6, 6.07) is 17.3. The molecular formula is C23H27ClN2O3. The number of benzene rings is 2. The van der Waals surface area contributed by atoms with Crippen LogP contribution in [-0.4, -0.2) is 25.5 Å². The number of hydrogen-bond donors (Lipinski definition) is 2. The maximum atomic E-state index is 12.8. The Bertz CT molecular complexity index is 920. The number of amides is 1. The van der Waals surface area contributed by atoms with Crippen molar-refractivity contribution in [3.8, 4) is 5.75 Å². The van der Waals surface area contributed by atoms with Gasteiger partial charge in [0.05, 0.1) is 0 Å². The lowest BCUT2D eigenvalue weighted by molar-refractivity contribution is 0.0921. The highest BCUT2D eigenvalue weighted by Gasteiger charge is 2.21. The van der Waals surface area contributed by atoms with Crippen molar-refractivity contribution < 1.29 is 13.9 Å². The molecule has 2 aromatic carbocycles. The van der Waals surface area contributed by atoms with Gasteiger partial charge < -0.3 is 19.8 Å². The van der Waals surface area contributed by atoms with Crippen LogP contribution in [0.4, 0.5) is 0 Å². The van der Waals surface area contributed by atoms with Crippen molar-refractivity contribution in [2.45, 2.75) is 25.9 Å². The summed E-state index contributed by atoms with van der Waals surface area (Å²) in [4.78, 5) is 12.8. The van der Waals surface area contributed by atoms with Gasteiger partial charge in [0.15, 0.2) is 5.76 Å². The lowest BCUT2D eigenvalue weighted by atomic mass is 9.96. The van der Waals surface area contributed by atoms with Crippen LogP contribution in [0.5, 0.6) is 5.75 Å². The molecule has 3 aromatic rings. The fraction of sp³-hybridized carbons (Fsp3) is 0.348. The van der Waals surface area contributed by atoms with E-state index < -0.39 is 0 Å². The zero-order valence-electron chi connectivity index (χ0n) is 16.4. The van der Waals surface area contributed by atoms with E-state index in [2.05, 4.69) is 10.6 Å². The van der Waals surface area contributed by atoms with Gasteiger partial charge in [0, 0.05) is 17.5 Å². The maximum Gasteiger partial charge on any atom is 0.287 e. The Morgan fingerprint density at radius 3 is 2.72 bits per heavy atom. The second kappa shape index (κ2) is 10.3. The molecule has 1 saturated heterocycles. The number of nitrogens with one attached hydrogen (secondary N) is 2. The van der Waals surface area contributed by atoms with Crippen molar-refractivity contribution >= 4 is 29.3 Å². The van der Waals surface area contributed by atoms with Gasteiger partial charge in [-0.05, 0) is 56.5 Å². The Balaban J connectivity index is 0.00000240. The van der Waals surface area contributed by atoms with Gasteiger partial charge in [-0.2, -0.15) is 0 Å². The van der Waals surface area contributed by atoms with Crippen LogP contribution in [0.1, 0.15) is 35.4 Å². The van der Waals surface area contributed by atoms with Crippen LogP contribution in [-0.2, 0) is 6.61 Å². The summed E-state index contributed by atoms with van der Waals surface area (Å²) in [5, 5.41) is 7.36. The van der Waals surface area contributed by atoms with Crippen LogP contribution in [0.25, 0.3) is 11.0 Å². The molecule has 1 aromatic heterocycles. The SMILES string of the molecule is Cl.O=C(NCCC1CCCNC1)c1oc2ccccc2c1COc1ccccc1. The minimum atomic E-state index is -0.174. The van der Waals surface area contributed by atoms with E-state index in [-0.39, 0.29) is 24.9 Å². The van der Waals surface area contributed by atoms with Crippen LogP contribution in [0, 0.1) is 5.92 Å².